The minimum atomic E-state index is 0.992. The fourth-order valence-electron chi connectivity index (χ4n) is 1.94. The fraction of sp³-hybridized carbons (Fsp3) is 0.176. The highest BCUT2D eigenvalue weighted by molar-refractivity contribution is 5.88. The van der Waals surface area contributed by atoms with Gasteiger partial charge < -0.3 is 0 Å². The van der Waals surface area contributed by atoms with E-state index in [0.29, 0.717) is 0 Å². The maximum atomic E-state index is 4.09. The fourth-order valence-corrected chi connectivity index (χ4v) is 1.94. The molecule has 0 fully saturated rings. The third kappa shape index (κ3) is 2.31. The number of allylic oxidation sites excluding steroid dienone is 2. The van der Waals surface area contributed by atoms with Crippen LogP contribution in [-0.4, -0.2) is 0 Å². The lowest BCUT2D eigenvalue weighted by Gasteiger charge is -2.07. The van der Waals surface area contributed by atoms with Crippen molar-refractivity contribution in [3.05, 3.63) is 60.7 Å². The van der Waals surface area contributed by atoms with Gasteiger partial charge in [0, 0.05) is 0 Å². The summed E-state index contributed by atoms with van der Waals surface area (Å²) in [5, 5.41) is 2.53. The first-order chi connectivity index (χ1) is 8.11. The lowest BCUT2D eigenvalue weighted by molar-refractivity contribution is 1.25. The number of fused-ring (bicyclic) bond motifs is 1. The molecule has 0 unspecified atom stereocenters. The molecule has 0 radical (unpaired) electrons. The van der Waals surface area contributed by atoms with E-state index in [1.807, 2.05) is 6.92 Å². The van der Waals surface area contributed by atoms with Crippen molar-refractivity contribution in [1.29, 1.82) is 0 Å². The van der Waals surface area contributed by atoms with Gasteiger partial charge in [-0.25, -0.2) is 0 Å². The van der Waals surface area contributed by atoms with E-state index in [4.69, 9.17) is 0 Å². The van der Waals surface area contributed by atoms with Crippen LogP contribution < -0.4 is 0 Å². The zero-order valence-electron chi connectivity index (χ0n) is 10.6. The van der Waals surface area contributed by atoms with Gasteiger partial charge in [-0.1, -0.05) is 49.9 Å². The SMILES string of the molecule is C=C(C)c1ccc2ccc(C(=C)CC)cc2c1. The van der Waals surface area contributed by atoms with Gasteiger partial charge in [-0.05, 0) is 52.9 Å². The maximum Gasteiger partial charge on any atom is -0.0172 e. The van der Waals surface area contributed by atoms with Crippen molar-refractivity contribution in [2.45, 2.75) is 20.3 Å². The molecular formula is C17H18. The summed E-state index contributed by atoms with van der Waals surface area (Å²) in [6.07, 6.45) is 0.992. The van der Waals surface area contributed by atoms with Crippen molar-refractivity contribution < 1.29 is 0 Å². The first kappa shape index (κ1) is 11.7. The molecule has 0 bridgehead atoms. The number of hydrogen-bond acceptors (Lipinski definition) is 0. The Morgan fingerprint density at radius 3 is 2.12 bits per heavy atom. The van der Waals surface area contributed by atoms with Crippen LogP contribution in [0.3, 0.4) is 0 Å². The van der Waals surface area contributed by atoms with Gasteiger partial charge in [-0.15, -0.1) is 0 Å². The molecule has 0 nitrogen and oxygen atoms in total. The number of hydrogen-bond donors (Lipinski definition) is 0. The lowest BCUT2D eigenvalue weighted by atomic mass is 9.98. The van der Waals surface area contributed by atoms with Crippen LogP contribution in [0.25, 0.3) is 21.9 Å². The highest BCUT2D eigenvalue weighted by Crippen LogP contribution is 2.24. The second-order valence-electron chi connectivity index (χ2n) is 4.51. The molecule has 0 N–H and O–H groups in total. The highest BCUT2D eigenvalue weighted by Gasteiger charge is 2.01. The minimum Gasteiger partial charge on any atom is -0.0955 e. The van der Waals surface area contributed by atoms with Gasteiger partial charge >= 0.3 is 0 Å². The van der Waals surface area contributed by atoms with Crippen LogP contribution in [0.5, 0.6) is 0 Å². The second kappa shape index (κ2) is 4.58. The maximum absolute atomic E-state index is 4.09. The normalized spacial score (nSPS) is 10.5. The van der Waals surface area contributed by atoms with E-state index in [0.717, 1.165) is 12.0 Å². The summed E-state index contributed by atoms with van der Waals surface area (Å²) in [5.41, 5.74) is 4.73. The van der Waals surface area contributed by atoms with Gasteiger partial charge in [0.05, 0.1) is 0 Å². The molecule has 86 valence electrons. The molecule has 0 aliphatic heterocycles. The Bertz CT molecular complexity index is 588. The number of benzene rings is 2. The summed E-state index contributed by atoms with van der Waals surface area (Å²) in [6, 6.07) is 13.0. The van der Waals surface area contributed by atoms with Crippen LogP contribution in [0, 0.1) is 0 Å². The Balaban J connectivity index is 2.58. The van der Waals surface area contributed by atoms with Crippen molar-refractivity contribution in [2.24, 2.45) is 0 Å². The average molecular weight is 222 g/mol. The monoisotopic (exact) mass is 222 g/mol. The molecular weight excluding hydrogens is 204 g/mol. The molecule has 0 heterocycles. The molecule has 0 heteroatoms. The molecule has 0 aliphatic carbocycles. The number of rotatable bonds is 3. The molecule has 0 aromatic heterocycles. The van der Waals surface area contributed by atoms with Crippen LogP contribution in [0.15, 0.2) is 49.6 Å². The summed E-state index contributed by atoms with van der Waals surface area (Å²) in [6.45, 7) is 12.3. The van der Waals surface area contributed by atoms with Gasteiger partial charge in [0.1, 0.15) is 0 Å². The zero-order valence-corrected chi connectivity index (χ0v) is 10.6. The van der Waals surface area contributed by atoms with Gasteiger partial charge in [0.2, 0.25) is 0 Å². The predicted molar refractivity (Wildman–Crippen MR) is 78.0 cm³/mol. The van der Waals surface area contributed by atoms with E-state index in [1.54, 1.807) is 0 Å². The topological polar surface area (TPSA) is 0 Å². The van der Waals surface area contributed by atoms with E-state index in [1.165, 1.54) is 27.5 Å². The average Bonchev–Trinajstić information content (AvgIpc) is 2.36. The molecule has 17 heavy (non-hydrogen) atoms. The van der Waals surface area contributed by atoms with Gasteiger partial charge in [0.25, 0.3) is 0 Å². The second-order valence-corrected chi connectivity index (χ2v) is 4.51. The van der Waals surface area contributed by atoms with Crippen LogP contribution >= 0.6 is 0 Å². The molecule has 0 saturated carbocycles. The summed E-state index contributed by atoms with van der Waals surface area (Å²) < 4.78 is 0. The Kier molecular flexibility index (Phi) is 3.14. The first-order valence-corrected chi connectivity index (χ1v) is 5.99. The Hall–Kier alpha value is -1.82. The molecule has 0 aliphatic rings. The summed E-state index contributed by atoms with van der Waals surface area (Å²) >= 11 is 0. The highest BCUT2D eigenvalue weighted by atomic mass is 14.1. The van der Waals surface area contributed by atoms with Crippen molar-refractivity contribution in [2.75, 3.05) is 0 Å². The molecule has 0 saturated heterocycles. The van der Waals surface area contributed by atoms with Gasteiger partial charge in [-0.2, -0.15) is 0 Å². The molecule has 2 aromatic carbocycles. The molecule has 0 atom stereocenters. The van der Waals surface area contributed by atoms with E-state index < -0.39 is 0 Å². The molecule has 0 spiro atoms. The largest absolute Gasteiger partial charge is 0.0955 e. The van der Waals surface area contributed by atoms with Gasteiger partial charge in [-0.3, -0.25) is 0 Å². The molecule has 2 rings (SSSR count). The third-order valence-corrected chi connectivity index (χ3v) is 3.17. The van der Waals surface area contributed by atoms with Crippen molar-refractivity contribution in [1.82, 2.24) is 0 Å². The summed E-state index contributed by atoms with van der Waals surface area (Å²) in [4.78, 5) is 0. The smallest absolute Gasteiger partial charge is 0.0172 e. The van der Waals surface area contributed by atoms with Crippen molar-refractivity contribution in [3.8, 4) is 0 Å². The van der Waals surface area contributed by atoms with Crippen LogP contribution in [-0.2, 0) is 0 Å². The Morgan fingerprint density at radius 1 is 0.941 bits per heavy atom. The summed E-state index contributed by atoms with van der Waals surface area (Å²) in [5.74, 6) is 0. The molecule has 2 aromatic rings. The standard InChI is InChI=1S/C17H18/c1-5-13(4)16-9-7-14-6-8-15(12(2)3)10-17(14)11-16/h6-11H,2,4-5H2,1,3H3. The Labute approximate surface area is 103 Å². The first-order valence-electron chi connectivity index (χ1n) is 5.99. The minimum absolute atomic E-state index is 0.992. The van der Waals surface area contributed by atoms with E-state index in [2.05, 4.69) is 56.5 Å². The van der Waals surface area contributed by atoms with E-state index >= 15 is 0 Å². The van der Waals surface area contributed by atoms with Crippen LogP contribution in [0.4, 0.5) is 0 Å². The van der Waals surface area contributed by atoms with E-state index in [9.17, 15) is 0 Å². The lowest BCUT2D eigenvalue weighted by Crippen LogP contribution is -1.84. The molecule has 0 amide bonds. The predicted octanol–water partition coefficient (Wildman–Crippen LogP) is 5.30. The van der Waals surface area contributed by atoms with Gasteiger partial charge in [0.15, 0.2) is 0 Å². The van der Waals surface area contributed by atoms with Crippen LogP contribution in [0.2, 0.25) is 0 Å². The van der Waals surface area contributed by atoms with Crippen molar-refractivity contribution in [3.63, 3.8) is 0 Å². The quantitative estimate of drug-likeness (QED) is 0.661. The van der Waals surface area contributed by atoms with Crippen molar-refractivity contribution >= 4 is 21.9 Å². The zero-order chi connectivity index (χ0) is 12.4. The summed E-state index contributed by atoms with van der Waals surface area (Å²) in [7, 11) is 0. The third-order valence-electron chi connectivity index (χ3n) is 3.17. The van der Waals surface area contributed by atoms with E-state index in [-0.39, 0.29) is 0 Å². The van der Waals surface area contributed by atoms with Crippen LogP contribution in [0.1, 0.15) is 31.4 Å². The Morgan fingerprint density at radius 2 is 1.53 bits per heavy atom.